The number of anilines is 1. The van der Waals surface area contributed by atoms with E-state index in [2.05, 4.69) is 31.2 Å². The van der Waals surface area contributed by atoms with E-state index in [0.29, 0.717) is 15.0 Å². The molecule has 0 fully saturated rings. The fourth-order valence-electron chi connectivity index (χ4n) is 1.02. The highest BCUT2D eigenvalue weighted by Crippen LogP contribution is 2.23. The van der Waals surface area contributed by atoms with Crippen molar-refractivity contribution in [2.24, 2.45) is 0 Å². The maximum Gasteiger partial charge on any atom is 0.259 e. The molecule has 1 amide bonds. The Morgan fingerprint density at radius 2 is 2.25 bits per heavy atom. The summed E-state index contributed by atoms with van der Waals surface area (Å²) in [6.45, 7) is 0. The Hall–Kier alpha value is -0.980. The van der Waals surface area contributed by atoms with Gasteiger partial charge in [-0.05, 0) is 22.0 Å². The molecule has 16 heavy (non-hydrogen) atoms. The molecule has 0 aliphatic carbocycles. The molecule has 2 aromatic rings. The van der Waals surface area contributed by atoms with E-state index in [9.17, 15) is 4.79 Å². The number of carbonyl (C=O) groups is 1. The van der Waals surface area contributed by atoms with Crippen molar-refractivity contribution in [3.05, 3.63) is 39.0 Å². The highest BCUT2D eigenvalue weighted by atomic mass is 79.9. The first-order chi connectivity index (χ1) is 7.65. The summed E-state index contributed by atoms with van der Waals surface area (Å²) in [5.41, 5.74) is 0.459. The molecule has 0 atom stereocenters. The third kappa shape index (κ3) is 2.78. The third-order valence-corrected chi connectivity index (χ3v) is 3.13. The maximum atomic E-state index is 11.7. The predicted molar refractivity (Wildman–Crippen MR) is 67.0 cm³/mol. The van der Waals surface area contributed by atoms with Crippen LogP contribution in [0.3, 0.4) is 0 Å². The van der Waals surface area contributed by atoms with E-state index in [1.54, 1.807) is 12.3 Å². The highest BCUT2D eigenvalue weighted by molar-refractivity contribution is 9.10. The molecular formula is C9H5BrClN3OS. The van der Waals surface area contributed by atoms with Crippen LogP contribution in [0.15, 0.2) is 29.1 Å². The lowest BCUT2D eigenvalue weighted by Crippen LogP contribution is -2.11. The van der Waals surface area contributed by atoms with Gasteiger partial charge in [0.05, 0.1) is 11.8 Å². The minimum Gasteiger partial charge on any atom is -0.298 e. The lowest BCUT2D eigenvalue weighted by atomic mass is 10.3. The van der Waals surface area contributed by atoms with E-state index in [-0.39, 0.29) is 5.91 Å². The molecule has 0 aromatic carbocycles. The van der Waals surface area contributed by atoms with E-state index in [0.717, 1.165) is 4.47 Å². The standard InChI is InChI=1S/C9H5BrClN3OS/c10-6-1-5(2-12-3-6)8(15)14-9-13-4-7(11)16-9/h1-4H,(H,13,14,15). The number of nitrogens with one attached hydrogen (secondary N) is 1. The molecule has 4 nitrogen and oxygen atoms in total. The van der Waals surface area contributed by atoms with E-state index in [1.807, 2.05) is 0 Å². The van der Waals surface area contributed by atoms with Crippen LogP contribution in [-0.4, -0.2) is 15.9 Å². The predicted octanol–water partition coefficient (Wildman–Crippen LogP) is 3.21. The quantitative estimate of drug-likeness (QED) is 0.925. The molecule has 0 saturated heterocycles. The fraction of sp³-hybridized carbons (Fsp3) is 0. The zero-order chi connectivity index (χ0) is 11.5. The van der Waals surface area contributed by atoms with E-state index in [1.165, 1.54) is 23.7 Å². The minimum atomic E-state index is -0.264. The summed E-state index contributed by atoms with van der Waals surface area (Å²) in [6, 6.07) is 1.68. The van der Waals surface area contributed by atoms with Crippen LogP contribution in [0, 0.1) is 0 Å². The molecule has 0 radical (unpaired) electrons. The molecule has 2 aromatic heterocycles. The van der Waals surface area contributed by atoms with Crippen LogP contribution in [0.2, 0.25) is 4.34 Å². The number of nitrogens with zero attached hydrogens (tertiary/aromatic N) is 2. The highest BCUT2D eigenvalue weighted by Gasteiger charge is 2.09. The Labute approximate surface area is 109 Å². The second-order valence-corrected chi connectivity index (χ2v) is 5.39. The van der Waals surface area contributed by atoms with Crippen molar-refractivity contribution in [1.29, 1.82) is 0 Å². The van der Waals surface area contributed by atoms with Gasteiger partial charge in [-0.15, -0.1) is 0 Å². The van der Waals surface area contributed by atoms with Crippen LogP contribution < -0.4 is 5.32 Å². The summed E-state index contributed by atoms with van der Waals surface area (Å²) < 4.78 is 1.28. The molecule has 7 heteroatoms. The van der Waals surface area contributed by atoms with E-state index >= 15 is 0 Å². The third-order valence-electron chi connectivity index (χ3n) is 1.67. The molecule has 0 unspecified atom stereocenters. The average Bonchev–Trinajstić information content (AvgIpc) is 2.64. The Balaban J connectivity index is 2.14. The van der Waals surface area contributed by atoms with Gasteiger partial charge in [-0.25, -0.2) is 4.98 Å². The number of carbonyl (C=O) groups excluding carboxylic acids is 1. The zero-order valence-electron chi connectivity index (χ0n) is 7.78. The summed E-state index contributed by atoms with van der Waals surface area (Å²) in [5.74, 6) is -0.264. The van der Waals surface area contributed by atoms with Gasteiger partial charge in [0.1, 0.15) is 4.34 Å². The monoisotopic (exact) mass is 317 g/mol. The zero-order valence-corrected chi connectivity index (χ0v) is 10.9. The van der Waals surface area contributed by atoms with E-state index in [4.69, 9.17) is 11.6 Å². The Morgan fingerprint density at radius 3 is 2.88 bits per heavy atom. The van der Waals surface area contributed by atoms with Gasteiger partial charge in [0.2, 0.25) is 0 Å². The molecule has 0 aliphatic heterocycles. The second-order valence-electron chi connectivity index (χ2n) is 2.82. The van der Waals surface area contributed by atoms with Crippen molar-refractivity contribution >= 4 is 49.9 Å². The molecule has 0 spiro atoms. The average molecular weight is 319 g/mol. The largest absolute Gasteiger partial charge is 0.298 e. The van der Waals surface area contributed by atoms with Crippen molar-refractivity contribution in [3.8, 4) is 0 Å². The number of hydrogen-bond acceptors (Lipinski definition) is 4. The fourth-order valence-corrected chi connectivity index (χ4v) is 2.19. The van der Waals surface area contributed by atoms with Crippen molar-refractivity contribution < 1.29 is 4.79 Å². The number of rotatable bonds is 2. The van der Waals surface area contributed by atoms with Crippen LogP contribution in [-0.2, 0) is 0 Å². The molecule has 1 N–H and O–H groups in total. The Bertz CT molecular complexity index is 531. The number of aromatic nitrogens is 2. The van der Waals surface area contributed by atoms with Crippen LogP contribution in [0.1, 0.15) is 10.4 Å². The van der Waals surface area contributed by atoms with Gasteiger partial charge in [0, 0.05) is 16.9 Å². The summed E-state index contributed by atoms with van der Waals surface area (Å²) in [7, 11) is 0. The van der Waals surface area contributed by atoms with Crippen molar-refractivity contribution in [3.63, 3.8) is 0 Å². The van der Waals surface area contributed by atoms with Gasteiger partial charge in [-0.1, -0.05) is 22.9 Å². The lowest BCUT2D eigenvalue weighted by molar-refractivity contribution is 0.102. The van der Waals surface area contributed by atoms with Crippen molar-refractivity contribution in [2.75, 3.05) is 5.32 Å². The minimum absolute atomic E-state index is 0.264. The van der Waals surface area contributed by atoms with Crippen molar-refractivity contribution in [1.82, 2.24) is 9.97 Å². The number of thiazole rings is 1. The van der Waals surface area contributed by atoms with Gasteiger partial charge in [-0.3, -0.25) is 15.1 Å². The van der Waals surface area contributed by atoms with E-state index < -0.39 is 0 Å². The maximum absolute atomic E-state index is 11.7. The van der Waals surface area contributed by atoms with Crippen LogP contribution in [0.25, 0.3) is 0 Å². The molecule has 0 aliphatic rings. The lowest BCUT2D eigenvalue weighted by Gasteiger charge is -2.00. The first-order valence-electron chi connectivity index (χ1n) is 4.18. The summed E-state index contributed by atoms with van der Waals surface area (Å²) in [5, 5.41) is 3.10. The molecular weight excluding hydrogens is 314 g/mol. The first-order valence-corrected chi connectivity index (χ1v) is 6.17. The van der Waals surface area contributed by atoms with Crippen molar-refractivity contribution in [2.45, 2.75) is 0 Å². The molecule has 0 bridgehead atoms. The number of amides is 1. The van der Waals surface area contributed by atoms with Gasteiger partial charge in [-0.2, -0.15) is 0 Å². The van der Waals surface area contributed by atoms with Gasteiger partial charge in [0.15, 0.2) is 5.13 Å². The molecule has 2 rings (SSSR count). The smallest absolute Gasteiger partial charge is 0.259 e. The summed E-state index contributed by atoms with van der Waals surface area (Å²) >= 11 is 10.1. The van der Waals surface area contributed by atoms with Gasteiger partial charge in [0.25, 0.3) is 5.91 Å². The van der Waals surface area contributed by atoms with Crippen LogP contribution in [0.5, 0.6) is 0 Å². The molecule has 0 saturated carbocycles. The van der Waals surface area contributed by atoms with Gasteiger partial charge < -0.3 is 0 Å². The number of hydrogen-bond donors (Lipinski definition) is 1. The SMILES string of the molecule is O=C(Nc1ncc(Cl)s1)c1cncc(Br)c1. The Morgan fingerprint density at radius 1 is 1.44 bits per heavy atom. The van der Waals surface area contributed by atoms with Crippen LogP contribution >= 0.6 is 38.9 Å². The summed E-state index contributed by atoms with van der Waals surface area (Å²) in [4.78, 5) is 19.6. The topological polar surface area (TPSA) is 54.9 Å². The first kappa shape index (κ1) is 11.5. The molecule has 2 heterocycles. The molecule has 82 valence electrons. The van der Waals surface area contributed by atoms with Gasteiger partial charge >= 0.3 is 0 Å². The number of pyridine rings is 1. The normalized spacial score (nSPS) is 10.1. The Kier molecular flexibility index (Phi) is 3.52. The van der Waals surface area contributed by atoms with Crippen LogP contribution in [0.4, 0.5) is 5.13 Å². The summed E-state index contributed by atoms with van der Waals surface area (Å²) in [6.07, 6.45) is 4.58. The number of halogens is 2. The second kappa shape index (κ2) is 4.90.